The number of Topliss-reactive ketones (excluding diaryl/α,β-unsaturated/α-hetero) is 1. The lowest BCUT2D eigenvalue weighted by Crippen LogP contribution is -1.99. The maximum absolute atomic E-state index is 11.8. The van der Waals surface area contributed by atoms with E-state index in [1.807, 2.05) is 12.1 Å². The summed E-state index contributed by atoms with van der Waals surface area (Å²) in [4.78, 5) is 16.4. The van der Waals surface area contributed by atoms with Crippen LogP contribution in [-0.2, 0) is 11.2 Å². The fraction of sp³-hybridized carbons (Fsp3) is 0.238. The molecule has 1 N–H and O–H groups in total. The van der Waals surface area contributed by atoms with E-state index in [9.17, 15) is 9.90 Å². The second-order valence-electron chi connectivity index (χ2n) is 6.01. The molecule has 0 unspecified atom stereocenters. The maximum Gasteiger partial charge on any atom is 0.162 e. The highest BCUT2D eigenvalue weighted by Gasteiger charge is 2.11. The summed E-state index contributed by atoms with van der Waals surface area (Å²) >= 11 is 5.97. The van der Waals surface area contributed by atoms with Crippen LogP contribution in [0.25, 0.3) is 0 Å². The van der Waals surface area contributed by atoms with E-state index in [2.05, 4.69) is 11.6 Å². The van der Waals surface area contributed by atoms with Crippen LogP contribution in [0.4, 0.5) is 5.69 Å². The van der Waals surface area contributed by atoms with Gasteiger partial charge in [0.25, 0.3) is 0 Å². The van der Waals surface area contributed by atoms with Crippen LogP contribution in [0.3, 0.4) is 0 Å². The Bertz CT molecular complexity index is 872. The van der Waals surface area contributed by atoms with Gasteiger partial charge in [-0.2, -0.15) is 0 Å². The molecule has 2 aromatic rings. The highest BCUT2D eigenvalue weighted by Crippen LogP contribution is 2.27. The fourth-order valence-electron chi connectivity index (χ4n) is 2.54. The minimum absolute atomic E-state index is 0.116. The molecule has 0 amide bonds. The molecule has 0 spiro atoms. The van der Waals surface area contributed by atoms with Gasteiger partial charge in [-0.1, -0.05) is 24.2 Å². The number of methoxy groups -OCH3 is 1. The second-order valence-corrected chi connectivity index (χ2v) is 6.45. The lowest BCUT2D eigenvalue weighted by atomic mass is 10.0. The maximum atomic E-state index is 11.8. The standard InChI is InChI=1S/C21H22ClNO3/c1-13(26-4)5-6-16-7-10-21(25)18(11-16)14(2)23-20-9-8-17(22)12-19(20)15(3)24/h7-12,25H,1,5-6H2,2-4H3. The van der Waals surface area contributed by atoms with E-state index < -0.39 is 0 Å². The zero-order chi connectivity index (χ0) is 19.3. The molecule has 0 aliphatic rings. The molecule has 0 aliphatic heterocycles. The number of phenols is 1. The smallest absolute Gasteiger partial charge is 0.162 e. The molecule has 0 aromatic heterocycles. The topological polar surface area (TPSA) is 58.9 Å². The number of ether oxygens (including phenoxy) is 1. The minimum atomic E-state index is -0.116. The Kier molecular flexibility index (Phi) is 6.58. The highest BCUT2D eigenvalue weighted by atomic mass is 35.5. The zero-order valence-electron chi connectivity index (χ0n) is 15.2. The van der Waals surface area contributed by atoms with Gasteiger partial charge in [0, 0.05) is 28.3 Å². The number of nitrogens with zero attached hydrogens (tertiary/aromatic N) is 1. The Balaban J connectivity index is 2.37. The van der Waals surface area contributed by atoms with Gasteiger partial charge in [-0.25, -0.2) is 0 Å². The predicted molar refractivity (Wildman–Crippen MR) is 106 cm³/mol. The Morgan fingerprint density at radius 1 is 1.19 bits per heavy atom. The lowest BCUT2D eigenvalue weighted by molar-refractivity contribution is 0.101. The number of allylic oxidation sites excluding steroid dienone is 1. The molecule has 4 nitrogen and oxygen atoms in total. The molecule has 0 aliphatic carbocycles. The number of rotatable bonds is 7. The molecular formula is C21H22ClNO3. The van der Waals surface area contributed by atoms with Crippen molar-refractivity contribution in [1.82, 2.24) is 0 Å². The van der Waals surface area contributed by atoms with Crippen LogP contribution in [0.1, 0.15) is 41.8 Å². The van der Waals surface area contributed by atoms with Crippen molar-refractivity contribution in [2.24, 2.45) is 4.99 Å². The number of aliphatic imine (C=N–C) groups is 1. The summed E-state index contributed by atoms with van der Waals surface area (Å²) < 4.78 is 5.09. The van der Waals surface area contributed by atoms with Gasteiger partial charge in [-0.3, -0.25) is 9.79 Å². The molecule has 0 saturated carbocycles. The minimum Gasteiger partial charge on any atom is -0.507 e. The summed E-state index contributed by atoms with van der Waals surface area (Å²) in [5.74, 6) is 0.728. The van der Waals surface area contributed by atoms with E-state index in [0.29, 0.717) is 39.7 Å². The van der Waals surface area contributed by atoms with E-state index in [4.69, 9.17) is 16.3 Å². The van der Waals surface area contributed by atoms with Crippen LogP contribution >= 0.6 is 11.6 Å². The van der Waals surface area contributed by atoms with E-state index in [1.54, 1.807) is 38.3 Å². The van der Waals surface area contributed by atoms with E-state index >= 15 is 0 Å². The molecule has 0 heterocycles. The molecule has 0 radical (unpaired) electrons. The molecule has 2 aromatic carbocycles. The van der Waals surface area contributed by atoms with E-state index in [-0.39, 0.29) is 11.5 Å². The Morgan fingerprint density at radius 3 is 2.58 bits per heavy atom. The first-order valence-corrected chi connectivity index (χ1v) is 8.59. The molecule has 2 rings (SSSR count). The first-order valence-electron chi connectivity index (χ1n) is 8.21. The van der Waals surface area contributed by atoms with E-state index in [1.165, 1.54) is 6.92 Å². The molecule has 0 atom stereocenters. The van der Waals surface area contributed by atoms with Crippen molar-refractivity contribution in [2.45, 2.75) is 26.7 Å². The fourth-order valence-corrected chi connectivity index (χ4v) is 2.72. The number of carbonyl (C=O) groups excluding carboxylic acids is 1. The number of ketones is 1. The normalized spacial score (nSPS) is 11.3. The third-order valence-corrected chi connectivity index (χ3v) is 4.29. The summed E-state index contributed by atoms with van der Waals surface area (Å²) in [5, 5.41) is 10.7. The van der Waals surface area contributed by atoms with Crippen LogP contribution in [-0.4, -0.2) is 23.7 Å². The third-order valence-electron chi connectivity index (χ3n) is 4.06. The van der Waals surface area contributed by atoms with Gasteiger partial charge in [0.15, 0.2) is 5.78 Å². The third kappa shape index (κ3) is 4.96. The predicted octanol–water partition coefficient (Wildman–Crippen LogP) is 5.48. The summed E-state index contributed by atoms with van der Waals surface area (Å²) in [7, 11) is 1.60. The average Bonchev–Trinajstić information content (AvgIpc) is 2.61. The number of phenolic OH excluding ortho intramolecular Hbond substituents is 1. The van der Waals surface area contributed by atoms with Crippen molar-refractivity contribution >= 4 is 28.8 Å². The van der Waals surface area contributed by atoms with Gasteiger partial charge < -0.3 is 9.84 Å². The van der Waals surface area contributed by atoms with Gasteiger partial charge in [-0.15, -0.1) is 0 Å². The Hall–Kier alpha value is -2.59. The van der Waals surface area contributed by atoms with Crippen molar-refractivity contribution in [3.63, 3.8) is 0 Å². The van der Waals surface area contributed by atoms with Gasteiger partial charge in [0.1, 0.15) is 5.75 Å². The number of hydrogen-bond donors (Lipinski definition) is 1. The van der Waals surface area contributed by atoms with Gasteiger partial charge in [0.2, 0.25) is 0 Å². The van der Waals surface area contributed by atoms with Crippen molar-refractivity contribution in [2.75, 3.05) is 7.11 Å². The van der Waals surface area contributed by atoms with Crippen LogP contribution < -0.4 is 0 Å². The number of halogens is 1. The summed E-state index contributed by atoms with van der Waals surface area (Å²) in [6.07, 6.45) is 1.44. The van der Waals surface area contributed by atoms with Gasteiger partial charge in [-0.05, 0) is 56.2 Å². The van der Waals surface area contributed by atoms with Crippen molar-refractivity contribution < 1.29 is 14.6 Å². The SMILES string of the molecule is C=C(CCc1ccc(O)c(C(C)=Nc2ccc(Cl)cc2C(C)=O)c1)OC. The van der Waals surface area contributed by atoms with Crippen LogP contribution in [0, 0.1) is 0 Å². The van der Waals surface area contributed by atoms with Gasteiger partial charge >= 0.3 is 0 Å². The van der Waals surface area contributed by atoms with Crippen LogP contribution in [0.5, 0.6) is 5.75 Å². The van der Waals surface area contributed by atoms with E-state index in [0.717, 1.165) is 12.0 Å². The van der Waals surface area contributed by atoms with Crippen LogP contribution in [0.15, 0.2) is 53.7 Å². The zero-order valence-corrected chi connectivity index (χ0v) is 15.9. The molecule has 26 heavy (non-hydrogen) atoms. The molecule has 0 saturated heterocycles. The second kappa shape index (κ2) is 8.68. The average molecular weight is 372 g/mol. The monoisotopic (exact) mass is 371 g/mol. The first kappa shape index (κ1) is 19.7. The van der Waals surface area contributed by atoms with Crippen molar-refractivity contribution in [3.05, 3.63) is 70.4 Å². The summed E-state index contributed by atoms with van der Waals surface area (Å²) in [6.45, 7) is 7.08. The summed E-state index contributed by atoms with van der Waals surface area (Å²) in [6, 6.07) is 10.4. The van der Waals surface area contributed by atoms with Gasteiger partial charge in [0.05, 0.1) is 18.6 Å². The largest absolute Gasteiger partial charge is 0.507 e. The summed E-state index contributed by atoms with van der Waals surface area (Å²) in [5.41, 5.74) is 3.24. The number of aryl methyl sites for hydroxylation is 1. The molecule has 0 bridgehead atoms. The van der Waals surface area contributed by atoms with Crippen molar-refractivity contribution in [1.29, 1.82) is 0 Å². The lowest BCUT2D eigenvalue weighted by Gasteiger charge is -2.10. The molecule has 5 heteroatoms. The number of hydrogen-bond acceptors (Lipinski definition) is 4. The Labute approximate surface area is 158 Å². The number of carbonyl (C=O) groups is 1. The molecular weight excluding hydrogens is 350 g/mol. The highest BCUT2D eigenvalue weighted by molar-refractivity contribution is 6.31. The van der Waals surface area contributed by atoms with Crippen LogP contribution in [0.2, 0.25) is 5.02 Å². The quantitative estimate of drug-likeness (QED) is 0.398. The molecule has 136 valence electrons. The van der Waals surface area contributed by atoms with Crippen molar-refractivity contribution in [3.8, 4) is 5.75 Å². The number of benzene rings is 2. The number of aromatic hydroxyl groups is 1. The first-order chi connectivity index (χ1) is 12.3. The Morgan fingerprint density at radius 2 is 1.92 bits per heavy atom. The molecule has 0 fully saturated rings.